The SMILES string of the molecule is Cc1ccc(N(CC(=O)N[C@@H](C)c2ccccc2)S(C)(=O)=O)cc1Cl. The van der Waals surface area contributed by atoms with Crippen LogP contribution in [0.15, 0.2) is 48.5 Å². The van der Waals surface area contributed by atoms with Crippen LogP contribution in [-0.4, -0.2) is 27.1 Å². The Morgan fingerprint density at radius 3 is 2.40 bits per heavy atom. The van der Waals surface area contributed by atoms with Crippen LogP contribution in [0.2, 0.25) is 5.02 Å². The predicted octanol–water partition coefficient (Wildman–Crippen LogP) is 3.29. The topological polar surface area (TPSA) is 66.5 Å². The van der Waals surface area contributed by atoms with Gasteiger partial charge in [0.2, 0.25) is 15.9 Å². The number of hydrogen-bond donors (Lipinski definition) is 1. The van der Waals surface area contributed by atoms with E-state index in [9.17, 15) is 13.2 Å². The average Bonchev–Trinajstić information content (AvgIpc) is 2.55. The molecular formula is C18H21ClN2O3S. The quantitative estimate of drug-likeness (QED) is 0.836. The van der Waals surface area contributed by atoms with Crippen LogP contribution < -0.4 is 9.62 Å². The summed E-state index contributed by atoms with van der Waals surface area (Å²) in [4.78, 5) is 12.4. The summed E-state index contributed by atoms with van der Waals surface area (Å²) in [5.74, 6) is -0.390. The predicted molar refractivity (Wildman–Crippen MR) is 101 cm³/mol. The number of amides is 1. The minimum absolute atomic E-state index is 0.225. The van der Waals surface area contributed by atoms with E-state index in [-0.39, 0.29) is 12.6 Å². The summed E-state index contributed by atoms with van der Waals surface area (Å²) < 4.78 is 25.3. The molecule has 1 atom stereocenters. The molecule has 0 bridgehead atoms. The summed E-state index contributed by atoms with van der Waals surface area (Å²) in [5, 5.41) is 3.26. The van der Waals surface area contributed by atoms with E-state index in [1.54, 1.807) is 18.2 Å². The Bertz CT molecular complexity index is 854. The number of anilines is 1. The molecular weight excluding hydrogens is 360 g/mol. The molecule has 0 saturated heterocycles. The zero-order chi connectivity index (χ0) is 18.6. The largest absolute Gasteiger partial charge is 0.348 e. The second-order valence-corrected chi connectivity index (χ2v) is 8.22. The van der Waals surface area contributed by atoms with Crippen LogP contribution in [0.1, 0.15) is 24.1 Å². The highest BCUT2D eigenvalue weighted by molar-refractivity contribution is 7.92. The summed E-state index contributed by atoms with van der Waals surface area (Å²) in [6.45, 7) is 3.36. The molecule has 2 aromatic carbocycles. The van der Waals surface area contributed by atoms with Crippen molar-refractivity contribution in [3.05, 3.63) is 64.7 Å². The van der Waals surface area contributed by atoms with Gasteiger partial charge in [-0.3, -0.25) is 9.10 Å². The van der Waals surface area contributed by atoms with Gasteiger partial charge in [0.1, 0.15) is 6.54 Å². The molecule has 0 aliphatic rings. The zero-order valence-electron chi connectivity index (χ0n) is 14.4. The summed E-state index contributed by atoms with van der Waals surface area (Å²) in [7, 11) is -3.63. The van der Waals surface area contributed by atoms with Gasteiger partial charge in [-0.2, -0.15) is 0 Å². The van der Waals surface area contributed by atoms with E-state index < -0.39 is 15.9 Å². The number of carbonyl (C=O) groups excluding carboxylic acids is 1. The van der Waals surface area contributed by atoms with Crippen LogP contribution in [0, 0.1) is 6.92 Å². The lowest BCUT2D eigenvalue weighted by Gasteiger charge is -2.23. The van der Waals surface area contributed by atoms with Crippen LogP contribution in [0.3, 0.4) is 0 Å². The van der Waals surface area contributed by atoms with Crippen molar-refractivity contribution in [2.45, 2.75) is 19.9 Å². The van der Waals surface area contributed by atoms with Gasteiger partial charge < -0.3 is 5.32 Å². The van der Waals surface area contributed by atoms with Crippen LogP contribution in [0.4, 0.5) is 5.69 Å². The van der Waals surface area contributed by atoms with Crippen LogP contribution in [0.5, 0.6) is 0 Å². The van der Waals surface area contributed by atoms with Gasteiger partial charge in [0.25, 0.3) is 0 Å². The van der Waals surface area contributed by atoms with Gasteiger partial charge in [0.15, 0.2) is 0 Å². The fourth-order valence-electron chi connectivity index (χ4n) is 2.38. The fourth-order valence-corrected chi connectivity index (χ4v) is 3.40. The molecule has 1 amide bonds. The average molecular weight is 381 g/mol. The highest BCUT2D eigenvalue weighted by Crippen LogP contribution is 2.24. The lowest BCUT2D eigenvalue weighted by molar-refractivity contribution is -0.120. The smallest absolute Gasteiger partial charge is 0.241 e. The lowest BCUT2D eigenvalue weighted by atomic mass is 10.1. The van der Waals surface area contributed by atoms with Gasteiger partial charge in [-0.25, -0.2) is 8.42 Å². The van der Waals surface area contributed by atoms with Crippen LogP contribution in [-0.2, 0) is 14.8 Å². The number of halogens is 1. The maximum absolute atomic E-state index is 12.4. The second-order valence-electron chi connectivity index (χ2n) is 5.90. The van der Waals surface area contributed by atoms with E-state index >= 15 is 0 Å². The molecule has 0 aliphatic carbocycles. The number of sulfonamides is 1. The van der Waals surface area contributed by atoms with Gasteiger partial charge in [-0.15, -0.1) is 0 Å². The number of aryl methyl sites for hydroxylation is 1. The van der Waals surface area contributed by atoms with Crippen molar-refractivity contribution in [1.82, 2.24) is 5.32 Å². The first-order valence-corrected chi connectivity index (χ1v) is 9.99. The number of nitrogens with one attached hydrogen (secondary N) is 1. The first kappa shape index (κ1) is 19.3. The summed E-state index contributed by atoms with van der Waals surface area (Å²) in [5.41, 5.74) is 2.14. The van der Waals surface area contributed by atoms with Crippen molar-refractivity contribution in [2.75, 3.05) is 17.1 Å². The van der Waals surface area contributed by atoms with Crippen molar-refractivity contribution in [3.63, 3.8) is 0 Å². The highest BCUT2D eigenvalue weighted by atomic mass is 35.5. The molecule has 0 unspecified atom stereocenters. The minimum Gasteiger partial charge on any atom is -0.348 e. The molecule has 0 heterocycles. The lowest BCUT2D eigenvalue weighted by Crippen LogP contribution is -2.41. The molecule has 0 aliphatic heterocycles. The van der Waals surface area contributed by atoms with E-state index in [2.05, 4.69) is 5.32 Å². The standard InChI is InChI=1S/C18H21ClN2O3S/c1-13-9-10-16(11-17(13)19)21(25(3,23)24)12-18(22)20-14(2)15-7-5-4-6-8-15/h4-11,14H,12H2,1-3H3,(H,20,22)/t14-/m0/s1. The molecule has 0 saturated carbocycles. The van der Waals surface area contributed by atoms with Crippen molar-refractivity contribution in [3.8, 4) is 0 Å². The molecule has 5 nitrogen and oxygen atoms in total. The minimum atomic E-state index is -3.63. The van der Waals surface area contributed by atoms with E-state index in [0.717, 1.165) is 21.7 Å². The molecule has 25 heavy (non-hydrogen) atoms. The third-order valence-corrected chi connectivity index (χ3v) is 5.36. The number of hydrogen-bond acceptors (Lipinski definition) is 3. The Balaban J connectivity index is 2.17. The number of carbonyl (C=O) groups is 1. The molecule has 0 radical (unpaired) electrons. The molecule has 0 fully saturated rings. The van der Waals surface area contributed by atoms with Crippen molar-refractivity contribution < 1.29 is 13.2 Å². The molecule has 2 rings (SSSR count). The Labute approximate surface area is 153 Å². The Hall–Kier alpha value is -2.05. The molecule has 7 heteroatoms. The van der Waals surface area contributed by atoms with Crippen LogP contribution in [0.25, 0.3) is 0 Å². The van der Waals surface area contributed by atoms with Crippen LogP contribution >= 0.6 is 11.6 Å². The van der Waals surface area contributed by atoms with Crippen molar-refractivity contribution >= 4 is 33.2 Å². The number of benzene rings is 2. The van der Waals surface area contributed by atoms with E-state index in [4.69, 9.17) is 11.6 Å². The number of rotatable bonds is 6. The van der Waals surface area contributed by atoms with Gasteiger partial charge in [-0.05, 0) is 37.1 Å². The molecule has 2 aromatic rings. The summed E-state index contributed by atoms with van der Waals surface area (Å²) in [6, 6.07) is 14.1. The third kappa shape index (κ3) is 5.21. The Morgan fingerprint density at radius 1 is 1.20 bits per heavy atom. The summed E-state index contributed by atoms with van der Waals surface area (Å²) in [6.07, 6.45) is 1.06. The van der Waals surface area contributed by atoms with Gasteiger partial charge in [0.05, 0.1) is 18.0 Å². The monoisotopic (exact) mass is 380 g/mol. The fraction of sp³-hybridized carbons (Fsp3) is 0.278. The van der Waals surface area contributed by atoms with Crippen molar-refractivity contribution in [2.24, 2.45) is 0 Å². The first-order chi connectivity index (χ1) is 11.7. The molecule has 134 valence electrons. The number of nitrogens with zero attached hydrogens (tertiary/aromatic N) is 1. The maximum Gasteiger partial charge on any atom is 0.241 e. The summed E-state index contributed by atoms with van der Waals surface area (Å²) >= 11 is 6.09. The van der Waals surface area contributed by atoms with E-state index in [1.807, 2.05) is 44.2 Å². The highest BCUT2D eigenvalue weighted by Gasteiger charge is 2.22. The first-order valence-electron chi connectivity index (χ1n) is 7.76. The van der Waals surface area contributed by atoms with Crippen molar-refractivity contribution in [1.29, 1.82) is 0 Å². The van der Waals surface area contributed by atoms with E-state index in [1.165, 1.54) is 0 Å². The molecule has 0 spiro atoms. The van der Waals surface area contributed by atoms with Gasteiger partial charge in [0, 0.05) is 5.02 Å². The van der Waals surface area contributed by atoms with Gasteiger partial charge in [-0.1, -0.05) is 48.0 Å². The molecule has 0 aromatic heterocycles. The Morgan fingerprint density at radius 2 is 1.84 bits per heavy atom. The maximum atomic E-state index is 12.4. The van der Waals surface area contributed by atoms with Gasteiger partial charge >= 0.3 is 0 Å². The normalized spacial score (nSPS) is 12.5. The van der Waals surface area contributed by atoms with E-state index in [0.29, 0.717) is 10.7 Å². The third-order valence-electron chi connectivity index (χ3n) is 3.81. The molecule has 1 N–H and O–H groups in total. The second kappa shape index (κ2) is 7.89. The Kier molecular flexibility index (Phi) is 6.08. The zero-order valence-corrected chi connectivity index (χ0v) is 15.9.